The van der Waals surface area contributed by atoms with Gasteiger partial charge in [-0.1, -0.05) is 0 Å². The first-order valence-electron chi connectivity index (χ1n) is 1.17. The highest BCUT2D eigenvalue weighted by Gasteiger charge is 1.92. The Kier molecular flexibility index (Phi) is 1.37. The lowest BCUT2D eigenvalue weighted by molar-refractivity contribution is -0.0406. The maximum Gasteiger partial charge on any atom is 0.353 e. The average molecular weight is 91.1 g/mol. The molecule has 6 heavy (non-hydrogen) atoms. The topological polar surface area (TPSA) is 92.6 Å². The molecule has 5 N–H and O–H groups in total. The molecule has 0 aliphatic rings. The van der Waals surface area contributed by atoms with E-state index in [-0.39, 0.29) is 5.17 Å². The number of hydrazine groups is 1. The lowest BCUT2D eigenvalue weighted by Crippen LogP contribution is -2.38. The lowest BCUT2D eigenvalue weighted by Gasteiger charge is -1.98. The molecule has 0 saturated carbocycles. The zero-order chi connectivity index (χ0) is 5.15. The molecule has 0 aromatic heterocycles. The summed E-state index contributed by atoms with van der Waals surface area (Å²) in [6, 6.07) is -1.07. The fourth-order valence-electron chi connectivity index (χ4n) is 0. The summed E-state index contributed by atoms with van der Waals surface area (Å²) in [5.74, 6) is 4.35. The molecule has 2 amide bonds. The minimum absolute atomic E-state index is 0.194. The highest BCUT2D eigenvalue weighted by atomic mass is 16.5. The monoisotopic (exact) mass is 91.0 g/mol. The molecule has 0 bridgehead atoms. The van der Waals surface area contributed by atoms with Crippen LogP contribution in [0, 0.1) is 0 Å². The fourth-order valence-corrected chi connectivity index (χ4v) is 0. The number of nitrogens with two attached hydrogens (primary N) is 2. The molecular weight excluding hydrogens is 86.0 g/mol. The predicted molar refractivity (Wildman–Crippen MR) is 17.4 cm³/mol. The van der Waals surface area contributed by atoms with Crippen molar-refractivity contribution in [2.75, 3.05) is 0 Å². The first-order valence-corrected chi connectivity index (χ1v) is 1.17. The Morgan fingerprint density at radius 3 is 2.00 bits per heavy atom. The van der Waals surface area contributed by atoms with Gasteiger partial charge in [-0.3, -0.25) is 5.21 Å². The summed E-state index contributed by atoms with van der Waals surface area (Å²) < 4.78 is 0. The van der Waals surface area contributed by atoms with Crippen LogP contribution in [0.2, 0.25) is 0 Å². The smallest absolute Gasteiger partial charge is 0.349 e. The van der Waals surface area contributed by atoms with Crippen LogP contribution in [0.4, 0.5) is 4.79 Å². The molecule has 0 heterocycles. The van der Waals surface area contributed by atoms with Crippen LogP contribution in [0.1, 0.15) is 0 Å². The van der Waals surface area contributed by atoms with Gasteiger partial charge in [-0.25, -0.2) is 10.6 Å². The Morgan fingerprint density at radius 1 is 1.83 bits per heavy atom. The number of amides is 2. The Bertz CT molecular complexity index is 59.8. The van der Waals surface area contributed by atoms with Crippen LogP contribution in [-0.4, -0.2) is 16.4 Å². The zero-order valence-electron chi connectivity index (χ0n) is 2.96. The van der Waals surface area contributed by atoms with E-state index in [0.717, 1.165) is 0 Å². The third kappa shape index (κ3) is 1.50. The van der Waals surface area contributed by atoms with Gasteiger partial charge in [0.2, 0.25) is 0 Å². The van der Waals surface area contributed by atoms with Crippen molar-refractivity contribution in [1.29, 1.82) is 0 Å². The Balaban J connectivity index is 3.26. The molecule has 0 aromatic carbocycles. The highest BCUT2D eigenvalue weighted by Crippen LogP contribution is 1.58. The molecule has 0 aliphatic carbocycles. The maximum atomic E-state index is 9.47. The van der Waals surface area contributed by atoms with Crippen LogP contribution in [0.15, 0.2) is 0 Å². The van der Waals surface area contributed by atoms with Crippen molar-refractivity contribution in [2.45, 2.75) is 0 Å². The van der Waals surface area contributed by atoms with E-state index in [4.69, 9.17) is 5.21 Å². The van der Waals surface area contributed by atoms with Crippen molar-refractivity contribution in [3.63, 3.8) is 0 Å². The Morgan fingerprint density at radius 2 is 2.00 bits per heavy atom. The molecule has 36 valence electrons. The summed E-state index contributed by atoms with van der Waals surface area (Å²) in [5.41, 5.74) is 4.35. The third-order valence-corrected chi connectivity index (χ3v) is 0.226. The molecule has 0 unspecified atom stereocenters. The standard InChI is InChI=1S/CH5N3O2/c2-1(5)4(3)6/h6H,3H2,(H2,2,5). The number of primary amides is 1. The van der Waals surface area contributed by atoms with Gasteiger partial charge in [0.15, 0.2) is 0 Å². The van der Waals surface area contributed by atoms with E-state index in [2.05, 4.69) is 11.6 Å². The van der Waals surface area contributed by atoms with E-state index in [1.54, 1.807) is 0 Å². The summed E-state index contributed by atoms with van der Waals surface area (Å²) in [4.78, 5) is 9.47. The normalized spacial score (nSPS) is 7.67. The van der Waals surface area contributed by atoms with Crippen LogP contribution in [0.25, 0.3) is 0 Å². The number of carbonyl (C=O) groups is 1. The second-order valence-corrected chi connectivity index (χ2v) is 0.683. The summed E-state index contributed by atoms with van der Waals surface area (Å²) in [6.45, 7) is 0. The molecule has 0 spiro atoms. The molecule has 0 radical (unpaired) electrons. The first kappa shape index (κ1) is 5.19. The number of hydrogen-bond donors (Lipinski definition) is 3. The SMILES string of the molecule is NC(=O)N(N)O. The van der Waals surface area contributed by atoms with E-state index in [9.17, 15) is 4.79 Å². The maximum absolute atomic E-state index is 9.47. The summed E-state index contributed by atoms with van der Waals surface area (Å²) >= 11 is 0. The van der Waals surface area contributed by atoms with Gasteiger partial charge in [-0.05, 0) is 0 Å². The first-order chi connectivity index (χ1) is 2.64. The van der Waals surface area contributed by atoms with Crippen LogP contribution in [0.5, 0.6) is 0 Å². The summed E-state index contributed by atoms with van der Waals surface area (Å²) in [6.07, 6.45) is 0. The van der Waals surface area contributed by atoms with Crippen molar-refractivity contribution in [3.8, 4) is 0 Å². The van der Waals surface area contributed by atoms with Crippen molar-refractivity contribution in [2.24, 2.45) is 11.6 Å². The molecule has 5 heteroatoms. The van der Waals surface area contributed by atoms with E-state index < -0.39 is 6.03 Å². The number of hydrogen-bond acceptors (Lipinski definition) is 3. The minimum Gasteiger partial charge on any atom is -0.349 e. The van der Waals surface area contributed by atoms with Crippen molar-refractivity contribution in [1.82, 2.24) is 5.17 Å². The van der Waals surface area contributed by atoms with Gasteiger partial charge >= 0.3 is 6.03 Å². The summed E-state index contributed by atoms with van der Waals surface area (Å²) in [7, 11) is 0. The quantitative estimate of drug-likeness (QED) is 0.148. The molecule has 0 aliphatic heterocycles. The molecule has 0 rings (SSSR count). The molecule has 0 aromatic rings. The number of urea groups is 1. The van der Waals surface area contributed by atoms with Gasteiger partial charge in [-0.2, -0.15) is 0 Å². The van der Waals surface area contributed by atoms with Gasteiger partial charge in [0.05, 0.1) is 0 Å². The van der Waals surface area contributed by atoms with Gasteiger partial charge in [-0.15, -0.1) is 5.17 Å². The van der Waals surface area contributed by atoms with Crippen LogP contribution in [0.3, 0.4) is 0 Å². The second kappa shape index (κ2) is 1.58. The number of rotatable bonds is 0. The Hall–Kier alpha value is -0.810. The minimum atomic E-state index is -1.07. The average Bonchev–Trinajstić information content (AvgIpc) is 1.36. The summed E-state index contributed by atoms with van der Waals surface area (Å²) in [5, 5.41) is 7.57. The van der Waals surface area contributed by atoms with E-state index in [1.807, 2.05) is 0 Å². The second-order valence-electron chi connectivity index (χ2n) is 0.683. The van der Waals surface area contributed by atoms with Crippen LogP contribution in [-0.2, 0) is 0 Å². The van der Waals surface area contributed by atoms with Crippen LogP contribution < -0.4 is 11.6 Å². The van der Waals surface area contributed by atoms with Gasteiger partial charge in [0.25, 0.3) is 0 Å². The molecule has 5 nitrogen and oxygen atoms in total. The van der Waals surface area contributed by atoms with E-state index in [0.29, 0.717) is 0 Å². The van der Waals surface area contributed by atoms with E-state index in [1.165, 1.54) is 0 Å². The number of carbonyl (C=O) groups excluding carboxylic acids is 1. The molecular formula is CH5N3O2. The lowest BCUT2D eigenvalue weighted by atomic mass is 11.1. The van der Waals surface area contributed by atoms with E-state index >= 15 is 0 Å². The number of hydroxylamine groups is 1. The zero-order valence-corrected chi connectivity index (χ0v) is 2.96. The third-order valence-electron chi connectivity index (χ3n) is 0.226. The Labute approximate surface area is 34.1 Å². The molecule has 0 saturated heterocycles. The highest BCUT2D eigenvalue weighted by molar-refractivity contribution is 5.69. The van der Waals surface area contributed by atoms with Gasteiger partial charge < -0.3 is 5.73 Å². The van der Waals surface area contributed by atoms with Crippen molar-refractivity contribution in [3.05, 3.63) is 0 Å². The predicted octanol–water partition coefficient (Wildman–Crippen LogP) is -1.37. The van der Waals surface area contributed by atoms with Gasteiger partial charge in [0, 0.05) is 0 Å². The van der Waals surface area contributed by atoms with Gasteiger partial charge in [0.1, 0.15) is 0 Å². The largest absolute Gasteiger partial charge is 0.353 e. The number of nitrogens with zero attached hydrogens (tertiary/aromatic N) is 1. The molecule has 0 atom stereocenters. The van der Waals surface area contributed by atoms with Crippen LogP contribution >= 0.6 is 0 Å². The fraction of sp³-hybridized carbons (Fsp3) is 0. The molecule has 0 fully saturated rings. The van der Waals surface area contributed by atoms with Crippen molar-refractivity contribution < 1.29 is 10.0 Å². The van der Waals surface area contributed by atoms with Crippen molar-refractivity contribution >= 4 is 6.03 Å².